The molecule has 1 aromatic rings. The zero-order valence-electron chi connectivity index (χ0n) is 11.1. The third-order valence-corrected chi connectivity index (χ3v) is 4.67. The number of aromatic hydroxyl groups is 1. The van der Waals surface area contributed by atoms with Crippen LogP contribution in [0.15, 0.2) is 18.2 Å². The number of halogens is 1. The number of rotatable bonds is 3. The monoisotopic (exact) mass is 384 g/mol. The van der Waals surface area contributed by atoms with Crippen LogP contribution in [-0.4, -0.2) is 17.1 Å². The lowest BCUT2D eigenvalue weighted by molar-refractivity contribution is 0.0928. The highest BCUT2D eigenvalue weighted by Gasteiger charge is 2.25. The molecule has 1 saturated carbocycles. The lowest BCUT2D eigenvalue weighted by Crippen LogP contribution is -2.40. The SMILES string of the molecule is N#CC(NC(=O)c1ccc(I)c(O)c1)C1CCCCC1. The van der Waals surface area contributed by atoms with Crippen LogP contribution >= 0.6 is 22.6 Å². The van der Waals surface area contributed by atoms with Gasteiger partial charge in [-0.15, -0.1) is 0 Å². The molecule has 0 aliphatic heterocycles. The average molecular weight is 384 g/mol. The largest absolute Gasteiger partial charge is 0.507 e. The number of nitrogens with one attached hydrogen (secondary N) is 1. The molecule has 0 saturated heterocycles. The Labute approximate surface area is 132 Å². The van der Waals surface area contributed by atoms with Crippen molar-refractivity contribution in [3.63, 3.8) is 0 Å². The fourth-order valence-electron chi connectivity index (χ4n) is 2.60. The van der Waals surface area contributed by atoms with E-state index >= 15 is 0 Å². The zero-order chi connectivity index (χ0) is 14.5. The van der Waals surface area contributed by atoms with Gasteiger partial charge in [0.1, 0.15) is 11.8 Å². The number of amides is 1. The third kappa shape index (κ3) is 3.63. The van der Waals surface area contributed by atoms with Crippen molar-refractivity contribution in [2.75, 3.05) is 0 Å². The number of hydrogen-bond donors (Lipinski definition) is 2. The van der Waals surface area contributed by atoms with Gasteiger partial charge in [0, 0.05) is 5.56 Å². The van der Waals surface area contributed by atoms with E-state index < -0.39 is 6.04 Å². The summed E-state index contributed by atoms with van der Waals surface area (Å²) in [5, 5.41) is 21.7. The highest BCUT2D eigenvalue weighted by atomic mass is 127. The number of nitrogens with zero attached hydrogens (tertiary/aromatic N) is 1. The maximum Gasteiger partial charge on any atom is 0.252 e. The lowest BCUT2D eigenvalue weighted by atomic mass is 9.84. The van der Waals surface area contributed by atoms with Crippen LogP contribution in [0, 0.1) is 20.8 Å². The highest BCUT2D eigenvalue weighted by Crippen LogP contribution is 2.26. The molecule has 4 nitrogen and oxygen atoms in total. The maximum atomic E-state index is 12.1. The standard InChI is InChI=1S/C15H17IN2O2/c16-12-7-6-11(8-14(12)19)15(20)18-13(9-17)10-4-2-1-3-5-10/h6-8,10,13,19H,1-5H2,(H,18,20). The van der Waals surface area contributed by atoms with Gasteiger partial charge in [0.25, 0.3) is 5.91 Å². The summed E-state index contributed by atoms with van der Waals surface area (Å²) < 4.78 is 0.697. The Morgan fingerprint density at radius 3 is 2.70 bits per heavy atom. The molecular weight excluding hydrogens is 367 g/mol. The quantitative estimate of drug-likeness (QED) is 0.787. The molecule has 0 radical (unpaired) electrons. The summed E-state index contributed by atoms with van der Waals surface area (Å²) in [5.41, 5.74) is 0.388. The number of hydrogen-bond acceptors (Lipinski definition) is 3. The number of benzene rings is 1. The van der Waals surface area contributed by atoms with E-state index in [9.17, 15) is 15.2 Å². The van der Waals surface area contributed by atoms with Gasteiger partial charge in [0.2, 0.25) is 0 Å². The van der Waals surface area contributed by atoms with Crippen LogP contribution in [0.5, 0.6) is 5.75 Å². The third-order valence-electron chi connectivity index (χ3n) is 3.76. The molecule has 106 valence electrons. The molecule has 20 heavy (non-hydrogen) atoms. The molecule has 2 N–H and O–H groups in total. The van der Waals surface area contributed by atoms with Crippen molar-refractivity contribution in [3.8, 4) is 11.8 Å². The predicted molar refractivity (Wildman–Crippen MR) is 84.3 cm³/mol. The summed E-state index contributed by atoms with van der Waals surface area (Å²) in [5.74, 6) is 0.0355. The first-order valence-electron chi connectivity index (χ1n) is 6.81. The molecule has 1 aliphatic rings. The van der Waals surface area contributed by atoms with Crippen LogP contribution in [0.2, 0.25) is 0 Å². The molecule has 1 amide bonds. The molecule has 1 fully saturated rings. The van der Waals surface area contributed by atoms with Crippen molar-refractivity contribution in [1.82, 2.24) is 5.32 Å². The fraction of sp³-hybridized carbons (Fsp3) is 0.467. The van der Waals surface area contributed by atoms with Crippen LogP contribution < -0.4 is 5.32 Å². The molecule has 2 rings (SSSR count). The van der Waals surface area contributed by atoms with E-state index in [-0.39, 0.29) is 17.6 Å². The minimum atomic E-state index is -0.441. The maximum absolute atomic E-state index is 12.1. The first-order chi connectivity index (χ1) is 9.61. The Morgan fingerprint density at radius 2 is 2.10 bits per heavy atom. The minimum absolute atomic E-state index is 0.0874. The van der Waals surface area contributed by atoms with Crippen molar-refractivity contribution in [1.29, 1.82) is 5.26 Å². The zero-order valence-corrected chi connectivity index (χ0v) is 13.3. The van der Waals surface area contributed by atoms with Gasteiger partial charge in [-0.3, -0.25) is 4.79 Å². The van der Waals surface area contributed by atoms with Crippen molar-refractivity contribution >= 4 is 28.5 Å². The van der Waals surface area contributed by atoms with Crippen LogP contribution in [0.3, 0.4) is 0 Å². The van der Waals surface area contributed by atoms with Gasteiger partial charge < -0.3 is 10.4 Å². The number of phenolic OH excluding ortho intramolecular Hbond substituents is 1. The molecule has 5 heteroatoms. The molecule has 1 atom stereocenters. The van der Waals surface area contributed by atoms with Gasteiger partial charge in [-0.25, -0.2) is 0 Å². The number of phenols is 1. The number of carbonyl (C=O) groups is 1. The van der Waals surface area contributed by atoms with E-state index in [2.05, 4.69) is 11.4 Å². The van der Waals surface area contributed by atoms with Gasteiger partial charge in [-0.1, -0.05) is 19.3 Å². The Morgan fingerprint density at radius 1 is 1.40 bits per heavy atom. The Balaban J connectivity index is 2.05. The van der Waals surface area contributed by atoms with E-state index in [1.807, 2.05) is 22.6 Å². The van der Waals surface area contributed by atoms with Crippen LogP contribution in [0.25, 0.3) is 0 Å². The normalized spacial score (nSPS) is 17.2. The first kappa shape index (κ1) is 15.1. The van der Waals surface area contributed by atoms with Crippen molar-refractivity contribution < 1.29 is 9.90 Å². The summed E-state index contributed by atoms with van der Waals surface area (Å²) in [4.78, 5) is 12.1. The van der Waals surface area contributed by atoms with E-state index in [1.165, 1.54) is 12.5 Å². The van der Waals surface area contributed by atoms with Gasteiger partial charge in [0.15, 0.2) is 0 Å². The highest BCUT2D eigenvalue weighted by molar-refractivity contribution is 14.1. The van der Waals surface area contributed by atoms with Crippen molar-refractivity contribution in [3.05, 3.63) is 27.3 Å². The fourth-order valence-corrected chi connectivity index (χ4v) is 2.94. The van der Waals surface area contributed by atoms with Crippen molar-refractivity contribution in [2.24, 2.45) is 5.92 Å². The first-order valence-corrected chi connectivity index (χ1v) is 7.88. The minimum Gasteiger partial charge on any atom is -0.507 e. The molecule has 1 aliphatic carbocycles. The topological polar surface area (TPSA) is 73.1 Å². The average Bonchev–Trinajstić information content (AvgIpc) is 2.48. The Kier molecular flexibility index (Phi) is 5.24. The van der Waals surface area contributed by atoms with E-state index in [4.69, 9.17) is 0 Å². The molecule has 0 aromatic heterocycles. The second kappa shape index (κ2) is 6.93. The van der Waals surface area contributed by atoms with E-state index in [0.717, 1.165) is 25.7 Å². The summed E-state index contributed by atoms with van der Waals surface area (Å²) in [7, 11) is 0. The van der Waals surface area contributed by atoms with Gasteiger partial charge in [-0.05, 0) is 59.5 Å². The Bertz CT molecular complexity index is 533. The second-order valence-corrected chi connectivity index (χ2v) is 6.31. The van der Waals surface area contributed by atoms with Crippen molar-refractivity contribution in [2.45, 2.75) is 38.1 Å². The summed E-state index contributed by atoms with van der Waals surface area (Å²) >= 11 is 2.00. The summed E-state index contributed by atoms with van der Waals surface area (Å²) in [6.07, 6.45) is 5.46. The second-order valence-electron chi connectivity index (χ2n) is 5.14. The van der Waals surface area contributed by atoms with E-state index in [1.54, 1.807) is 12.1 Å². The lowest BCUT2D eigenvalue weighted by Gasteiger charge is -2.26. The smallest absolute Gasteiger partial charge is 0.252 e. The summed E-state index contributed by atoms with van der Waals surface area (Å²) in [6, 6.07) is 6.55. The molecular formula is C15H17IN2O2. The van der Waals surface area contributed by atoms with Gasteiger partial charge in [0.05, 0.1) is 9.64 Å². The van der Waals surface area contributed by atoms with Crippen LogP contribution in [0.4, 0.5) is 0 Å². The molecule has 1 aromatic carbocycles. The molecule has 1 unspecified atom stereocenters. The van der Waals surface area contributed by atoms with Gasteiger partial charge in [-0.2, -0.15) is 5.26 Å². The molecule has 0 bridgehead atoms. The van der Waals surface area contributed by atoms with E-state index in [0.29, 0.717) is 9.13 Å². The van der Waals surface area contributed by atoms with Crippen LogP contribution in [0.1, 0.15) is 42.5 Å². The predicted octanol–water partition coefficient (Wildman–Crippen LogP) is 3.20. The van der Waals surface area contributed by atoms with Gasteiger partial charge >= 0.3 is 0 Å². The Hall–Kier alpha value is -1.29. The van der Waals surface area contributed by atoms with Crippen LogP contribution in [-0.2, 0) is 0 Å². The molecule has 0 heterocycles. The molecule has 0 spiro atoms. The number of nitriles is 1. The summed E-state index contributed by atoms with van der Waals surface area (Å²) in [6.45, 7) is 0. The number of carbonyl (C=O) groups excluding carboxylic acids is 1.